The molecular weight excluding hydrogens is 424 g/mol. The summed E-state index contributed by atoms with van der Waals surface area (Å²) in [6.45, 7) is 3.00. The van der Waals surface area contributed by atoms with Gasteiger partial charge in [-0.05, 0) is 90.7 Å². The lowest BCUT2D eigenvalue weighted by molar-refractivity contribution is -0.136. The molecule has 5 heteroatoms. The number of nitrogens with one attached hydrogen (secondary N) is 1. The van der Waals surface area contributed by atoms with Crippen LogP contribution in [0.25, 0.3) is 0 Å². The van der Waals surface area contributed by atoms with E-state index in [2.05, 4.69) is 42.4 Å². The first-order valence-corrected chi connectivity index (χ1v) is 12.6. The predicted octanol–water partition coefficient (Wildman–Crippen LogP) is 5.58. The Morgan fingerprint density at radius 1 is 1.21 bits per heavy atom. The molecule has 3 aromatic rings. The Morgan fingerprint density at radius 3 is 2.88 bits per heavy atom. The number of ether oxygens (including phenoxy) is 1. The summed E-state index contributed by atoms with van der Waals surface area (Å²) in [7, 11) is 0. The van der Waals surface area contributed by atoms with Crippen molar-refractivity contribution in [3.63, 3.8) is 0 Å². The highest BCUT2D eigenvalue weighted by Crippen LogP contribution is 2.60. The highest BCUT2D eigenvalue weighted by molar-refractivity contribution is 5.67. The molecule has 1 saturated carbocycles. The smallest absolute Gasteiger partial charge is 0.303 e. The van der Waals surface area contributed by atoms with Gasteiger partial charge in [-0.1, -0.05) is 43.3 Å². The molecule has 34 heavy (non-hydrogen) atoms. The zero-order valence-electron chi connectivity index (χ0n) is 19.7. The van der Waals surface area contributed by atoms with E-state index in [0.29, 0.717) is 30.8 Å². The minimum atomic E-state index is -0.749. The Hall–Kier alpha value is -3.08. The lowest BCUT2D eigenvalue weighted by Gasteiger charge is -2.49. The van der Waals surface area contributed by atoms with Gasteiger partial charge in [0.1, 0.15) is 12.4 Å². The second-order valence-corrected chi connectivity index (χ2v) is 10.6. The number of H-pyrrole nitrogens is 1. The second kappa shape index (κ2) is 8.30. The van der Waals surface area contributed by atoms with Crippen molar-refractivity contribution in [1.29, 1.82) is 0 Å². The van der Waals surface area contributed by atoms with Gasteiger partial charge in [-0.2, -0.15) is 5.10 Å². The van der Waals surface area contributed by atoms with Gasteiger partial charge >= 0.3 is 5.97 Å². The largest absolute Gasteiger partial charge is 0.489 e. The standard InChI is InChI=1S/C29H32N2O3/c1-29-14-13-22-21-10-8-20(34-17-18-5-3-2-4-6-18)15-19(21)7-9-23(22)25(29)16-24-26(11-12-27(32)33)30-31-28(24)29/h2-6,8,10,15,22-23,25H,7,9,11-14,16-17H2,1H3,(H,30,31)(H,32,33)/t22?,23?,25?,29-/m0/s1. The first-order valence-electron chi connectivity index (χ1n) is 12.6. The minimum Gasteiger partial charge on any atom is -0.489 e. The number of aryl methyl sites for hydroxylation is 2. The minimum absolute atomic E-state index is 0.102. The molecule has 0 saturated heterocycles. The maximum Gasteiger partial charge on any atom is 0.303 e. The normalized spacial score (nSPS) is 26.8. The fourth-order valence-corrected chi connectivity index (χ4v) is 7.13. The molecule has 0 spiro atoms. The number of aromatic amines is 1. The van der Waals surface area contributed by atoms with E-state index >= 15 is 0 Å². The van der Waals surface area contributed by atoms with Crippen molar-refractivity contribution in [3.05, 3.63) is 82.2 Å². The number of hydrogen-bond donors (Lipinski definition) is 2. The fraction of sp³-hybridized carbons (Fsp3) is 0.448. The van der Waals surface area contributed by atoms with Crippen LogP contribution in [0.4, 0.5) is 0 Å². The van der Waals surface area contributed by atoms with Crippen molar-refractivity contribution in [2.45, 2.75) is 69.8 Å². The summed E-state index contributed by atoms with van der Waals surface area (Å²) >= 11 is 0. The van der Waals surface area contributed by atoms with Gasteiger partial charge in [-0.3, -0.25) is 9.89 Å². The Bertz CT molecular complexity index is 1220. The van der Waals surface area contributed by atoms with Crippen LogP contribution in [0.5, 0.6) is 5.75 Å². The maximum absolute atomic E-state index is 11.1. The number of carboxylic acid groups (broad SMARTS) is 1. The molecule has 3 unspecified atom stereocenters. The van der Waals surface area contributed by atoms with Gasteiger partial charge in [0.05, 0.1) is 12.1 Å². The molecule has 0 aliphatic heterocycles. The number of fused-ring (bicyclic) bond motifs is 7. The number of nitrogens with zero attached hydrogens (tertiary/aromatic N) is 1. The van der Waals surface area contributed by atoms with E-state index in [1.165, 1.54) is 40.8 Å². The molecule has 4 atom stereocenters. The number of aromatic nitrogens is 2. The predicted molar refractivity (Wildman–Crippen MR) is 130 cm³/mol. The summed E-state index contributed by atoms with van der Waals surface area (Å²) in [5.41, 5.74) is 7.83. The van der Waals surface area contributed by atoms with Crippen LogP contribution in [0.15, 0.2) is 48.5 Å². The van der Waals surface area contributed by atoms with Gasteiger partial charge in [-0.15, -0.1) is 0 Å². The zero-order valence-corrected chi connectivity index (χ0v) is 19.7. The molecular formula is C29H32N2O3. The van der Waals surface area contributed by atoms with Gasteiger partial charge in [0.25, 0.3) is 0 Å². The third-order valence-electron chi connectivity index (χ3n) is 8.84. The van der Waals surface area contributed by atoms with Gasteiger partial charge < -0.3 is 9.84 Å². The maximum atomic E-state index is 11.1. The summed E-state index contributed by atoms with van der Waals surface area (Å²) in [5.74, 6) is 2.06. The highest BCUT2D eigenvalue weighted by atomic mass is 16.5. The van der Waals surface area contributed by atoms with Crippen molar-refractivity contribution in [2.24, 2.45) is 11.8 Å². The monoisotopic (exact) mass is 456 g/mol. The summed E-state index contributed by atoms with van der Waals surface area (Å²) in [5, 5.41) is 17.0. The molecule has 0 radical (unpaired) electrons. The molecule has 1 heterocycles. The Morgan fingerprint density at radius 2 is 2.06 bits per heavy atom. The molecule has 3 aliphatic rings. The first-order chi connectivity index (χ1) is 16.5. The third kappa shape index (κ3) is 3.53. The van der Waals surface area contributed by atoms with Crippen molar-refractivity contribution >= 4 is 5.97 Å². The van der Waals surface area contributed by atoms with Crippen LogP contribution in [0.2, 0.25) is 0 Å². The van der Waals surface area contributed by atoms with Crippen molar-refractivity contribution < 1.29 is 14.6 Å². The van der Waals surface area contributed by atoms with E-state index in [1.54, 1.807) is 0 Å². The number of rotatable bonds is 6. The van der Waals surface area contributed by atoms with E-state index in [9.17, 15) is 4.79 Å². The topological polar surface area (TPSA) is 75.2 Å². The Labute approximate surface area is 200 Å². The van der Waals surface area contributed by atoms with E-state index in [-0.39, 0.29) is 11.8 Å². The molecule has 1 fully saturated rings. The van der Waals surface area contributed by atoms with Gasteiger partial charge in [0.2, 0.25) is 0 Å². The van der Waals surface area contributed by atoms with Gasteiger partial charge in [0, 0.05) is 11.1 Å². The van der Waals surface area contributed by atoms with Crippen LogP contribution in [-0.2, 0) is 36.1 Å². The number of benzene rings is 2. The number of carboxylic acids is 1. The number of hydrogen-bond acceptors (Lipinski definition) is 3. The quantitative estimate of drug-likeness (QED) is 0.508. The average molecular weight is 457 g/mol. The molecule has 1 aromatic heterocycles. The molecule has 0 bridgehead atoms. The molecule has 3 aliphatic carbocycles. The SMILES string of the molecule is C[C@]12CCC3c4ccc(OCc5ccccc5)cc4CCC3C1Cc1c2n[nH]c1CCC(=O)O. The molecule has 2 N–H and O–H groups in total. The van der Waals surface area contributed by atoms with Crippen LogP contribution >= 0.6 is 0 Å². The first kappa shape index (κ1) is 21.5. The molecule has 176 valence electrons. The lowest BCUT2D eigenvalue weighted by Crippen LogP contribution is -2.43. The van der Waals surface area contributed by atoms with Crippen LogP contribution in [0, 0.1) is 11.8 Å². The van der Waals surface area contributed by atoms with E-state index in [0.717, 1.165) is 30.7 Å². The number of aliphatic carboxylic acids is 1. The summed E-state index contributed by atoms with van der Waals surface area (Å²) < 4.78 is 6.11. The average Bonchev–Trinajstić information content (AvgIpc) is 3.39. The summed E-state index contributed by atoms with van der Waals surface area (Å²) in [4.78, 5) is 11.1. The van der Waals surface area contributed by atoms with Crippen LogP contribution in [0.3, 0.4) is 0 Å². The van der Waals surface area contributed by atoms with Gasteiger partial charge in [0.15, 0.2) is 0 Å². The van der Waals surface area contributed by atoms with Crippen molar-refractivity contribution in [3.8, 4) is 5.75 Å². The summed E-state index contributed by atoms with van der Waals surface area (Å²) in [6, 6.07) is 17.1. The Balaban J connectivity index is 1.21. The molecule has 6 rings (SSSR count). The van der Waals surface area contributed by atoms with E-state index in [4.69, 9.17) is 14.9 Å². The van der Waals surface area contributed by atoms with Crippen LogP contribution < -0.4 is 4.74 Å². The zero-order chi connectivity index (χ0) is 23.3. The molecule has 0 amide bonds. The van der Waals surface area contributed by atoms with Gasteiger partial charge in [-0.25, -0.2) is 0 Å². The molecule has 2 aromatic carbocycles. The highest BCUT2D eigenvalue weighted by Gasteiger charge is 2.54. The fourth-order valence-electron chi connectivity index (χ4n) is 7.13. The summed E-state index contributed by atoms with van der Waals surface area (Å²) in [6.07, 6.45) is 6.37. The van der Waals surface area contributed by atoms with Crippen LogP contribution in [-0.4, -0.2) is 21.3 Å². The van der Waals surface area contributed by atoms with E-state index < -0.39 is 5.97 Å². The van der Waals surface area contributed by atoms with Crippen molar-refractivity contribution in [2.75, 3.05) is 0 Å². The molecule has 5 nitrogen and oxygen atoms in total. The number of carbonyl (C=O) groups is 1. The van der Waals surface area contributed by atoms with Crippen LogP contribution in [0.1, 0.15) is 72.2 Å². The second-order valence-electron chi connectivity index (χ2n) is 10.6. The van der Waals surface area contributed by atoms with E-state index in [1.807, 2.05) is 18.2 Å². The Kier molecular flexibility index (Phi) is 5.23. The van der Waals surface area contributed by atoms with Crippen molar-refractivity contribution in [1.82, 2.24) is 10.2 Å². The lowest BCUT2D eigenvalue weighted by atomic mass is 9.55. The third-order valence-corrected chi connectivity index (χ3v) is 8.84.